The van der Waals surface area contributed by atoms with Gasteiger partial charge in [0.25, 0.3) is 0 Å². The minimum atomic E-state index is -3.00. The average Bonchev–Trinajstić information content (AvgIpc) is 2.14. The van der Waals surface area contributed by atoms with Crippen LogP contribution in [0.2, 0.25) is 0 Å². The maximum Gasteiger partial charge on any atom is 0.211 e. The van der Waals surface area contributed by atoms with E-state index in [9.17, 15) is 8.42 Å². The largest absolute Gasteiger partial charge is 0.271 e. The van der Waals surface area contributed by atoms with E-state index in [-0.39, 0.29) is 0 Å². The molecule has 14 heavy (non-hydrogen) atoms. The van der Waals surface area contributed by atoms with Gasteiger partial charge < -0.3 is 0 Å². The first-order valence-corrected chi connectivity index (χ1v) is 6.77. The number of hydrogen-bond donors (Lipinski definition) is 2. The first-order valence-electron chi connectivity index (χ1n) is 4.92. The molecule has 0 radical (unpaired) electrons. The molecule has 0 spiro atoms. The van der Waals surface area contributed by atoms with Crippen LogP contribution in [-0.2, 0) is 10.0 Å². The molecule has 6 heteroatoms. The zero-order valence-electron chi connectivity index (χ0n) is 8.57. The van der Waals surface area contributed by atoms with Gasteiger partial charge in [0, 0.05) is 19.6 Å². The lowest BCUT2D eigenvalue weighted by Gasteiger charge is -2.30. The second-order valence-electron chi connectivity index (χ2n) is 3.87. The summed E-state index contributed by atoms with van der Waals surface area (Å²) >= 11 is 0. The Morgan fingerprint density at radius 2 is 2.29 bits per heavy atom. The minimum absolute atomic E-state index is 0.453. The molecule has 1 rings (SSSR count). The second kappa shape index (κ2) is 5.06. The van der Waals surface area contributed by atoms with Crippen molar-refractivity contribution in [2.45, 2.75) is 19.3 Å². The van der Waals surface area contributed by atoms with Crippen LogP contribution >= 0.6 is 0 Å². The van der Waals surface area contributed by atoms with Crippen molar-refractivity contribution in [3.63, 3.8) is 0 Å². The maximum atomic E-state index is 11.3. The molecular weight excluding hydrogens is 202 g/mol. The molecule has 0 bridgehead atoms. The van der Waals surface area contributed by atoms with E-state index in [0.717, 1.165) is 25.8 Å². The van der Waals surface area contributed by atoms with Gasteiger partial charge in [-0.3, -0.25) is 11.3 Å². The van der Waals surface area contributed by atoms with Crippen LogP contribution in [0.3, 0.4) is 0 Å². The summed E-state index contributed by atoms with van der Waals surface area (Å²) in [6.07, 6.45) is 4.29. The number of rotatable bonds is 4. The number of hydrazine groups is 1. The predicted octanol–water partition coefficient (Wildman–Crippen LogP) is -0.489. The fourth-order valence-corrected chi connectivity index (χ4v) is 2.79. The summed E-state index contributed by atoms with van der Waals surface area (Å²) < 4.78 is 24.1. The quantitative estimate of drug-likeness (QED) is 0.496. The molecule has 5 nitrogen and oxygen atoms in total. The van der Waals surface area contributed by atoms with Gasteiger partial charge in [0.2, 0.25) is 10.0 Å². The molecule has 0 amide bonds. The molecule has 0 saturated carbocycles. The molecule has 1 heterocycles. The number of nitrogens with two attached hydrogens (primary N) is 1. The summed E-state index contributed by atoms with van der Waals surface area (Å²) in [7, 11) is -3.00. The molecule has 1 fully saturated rings. The van der Waals surface area contributed by atoms with E-state index in [1.165, 1.54) is 6.26 Å². The van der Waals surface area contributed by atoms with Gasteiger partial charge in [-0.25, -0.2) is 12.7 Å². The van der Waals surface area contributed by atoms with Gasteiger partial charge in [0.1, 0.15) is 0 Å². The monoisotopic (exact) mass is 221 g/mol. The molecule has 1 aliphatic rings. The van der Waals surface area contributed by atoms with Gasteiger partial charge in [-0.1, -0.05) is 0 Å². The molecule has 1 unspecified atom stereocenters. The minimum Gasteiger partial charge on any atom is -0.271 e. The molecule has 3 N–H and O–H groups in total. The molecule has 0 aromatic carbocycles. The Balaban J connectivity index is 2.44. The molecule has 1 aliphatic heterocycles. The Hall–Kier alpha value is -0.170. The summed E-state index contributed by atoms with van der Waals surface area (Å²) in [5.41, 5.74) is 2.60. The molecule has 0 aromatic rings. The molecule has 0 aliphatic carbocycles. The number of sulfonamides is 1. The van der Waals surface area contributed by atoms with Crippen molar-refractivity contribution in [2.75, 3.05) is 25.9 Å². The molecule has 1 saturated heterocycles. The highest BCUT2D eigenvalue weighted by molar-refractivity contribution is 7.88. The highest BCUT2D eigenvalue weighted by Crippen LogP contribution is 2.20. The zero-order valence-corrected chi connectivity index (χ0v) is 9.39. The Morgan fingerprint density at radius 3 is 2.86 bits per heavy atom. The van der Waals surface area contributed by atoms with Crippen LogP contribution < -0.4 is 11.3 Å². The lowest BCUT2D eigenvalue weighted by molar-refractivity contribution is 0.256. The van der Waals surface area contributed by atoms with Crippen molar-refractivity contribution >= 4 is 10.0 Å². The van der Waals surface area contributed by atoms with Gasteiger partial charge in [-0.2, -0.15) is 0 Å². The van der Waals surface area contributed by atoms with Crippen molar-refractivity contribution in [1.29, 1.82) is 0 Å². The second-order valence-corrected chi connectivity index (χ2v) is 5.85. The zero-order chi connectivity index (χ0) is 10.6. The van der Waals surface area contributed by atoms with Crippen molar-refractivity contribution in [1.82, 2.24) is 9.73 Å². The Labute approximate surface area is 85.7 Å². The lowest BCUT2D eigenvalue weighted by Crippen LogP contribution is -2.40. The summed E-state index contributed by atoms with van der Waals surface area (Å²) in [6.45, 7) is 2.08. The van der Waals surface area contributed by atoms with Gasteiger partial charge >= 0.3 is 0 Å². The Morgan fingerprint density at radius 1 is 1.57 bits per heavy atom. The Kier molecular flexibility index (Phi) is 4.31. The average molecular weight is 221 g/mol. The lowest BCUT2D eigenvalue weighted by atomic mass is 9.96. The predicted molar refractivity (Wildman–Crippen MR) is 55.9 cm³/mol. The van der Waals surface area contributed by atoms with Crippen LogP contribution in [0.5, 0.6) is 0 Å². The van der Waals surface area contributed by atoms with Gasteiger partial charge in [-0.05, 0) is 25.2 Å². The molecule has 0 aromatic heterocycles. The van der Waals surface area contributed by atoms with E-state index in [1.54, 1.807) is 4.31 Å². The van der Waals surface area contributed by atoms with E-state index in [2.05, 4.69) is 5.43 Å². The number of hydrogen-bond acceptors (Lipinski definition) is 4. The topological polar surface area (TPSA) is 75.4 Å². The van der Waals surface area contributed by atoms with Gasteiger partial charge in [-0.15, -0.1) is 0 Å². The summed E-state index contributed by atoms with van der Waals surface area (Å²) in [5.74, 6) is 5.64. The van der Waals surface area contributed by atoms with E-state index in [4.69, 9.17) is 5.84 Å². The van der Waals surface area contributed by atoms with Crippen molar-refractivity contribution in [3.8, 4) is 0 Å². The van der Waals surface area contributed by atoms with Crippen LogP contribution in [0.1, 0.15) is 19.3 Å². The van der Waals surface area contributed by atoms with Gasteiger partial charge in [0.15, 0.2) is 0 Å². The van der Waals surface area contributed by atoms with Gasteiger partial charge in [0.05, 0.1) is 6.26 Å². The van der Waals surface area contributed by atoms with Crippen LogP contribution in [0.25, 0.3) is 0 Å². The highest BCUT2D eigenvalue weighted by atomic mass is 32.2. The smallest absolute Gasteiger partial charge is 0.211 e. The van der Waals surface area contributed by atoms with E-state index < -0.39 is 10.0 Å². The number of nitrogens with zero attached hydrogens (tertiary/aromatic N) is 1. The third-order valence-corrected chi connectivity index (χ3v) is 3.92. The standard InChI is InChI=1S/C8H19N3O2S/c1-14(12,13)11-6-2-3-8(7-11)4-5-10-9/h8,10H,2-7,9H2,1H3. The third kappa shape index (κ3) is 3.53. The van der Waals surface area contributed by atoms with Crippen molar-refractivity contribution in [3.05, 3.63) is 0 Å². The molecule has 1 atom stereocenters. The number of nitrogens with one attached hydrogen (secondary N) is 1. The SMILES string of the molecule is CS(=O)(=O)N1CCCC(CCNN)C1. The fraction of sp³-hybridized carbons (Fsp3) is 1.00. The maximum absolute atomic E-state index is 11.3. The summed E-state index contributed by atoms with van der Waals surface area (Å²) in [5, 5.41) is 0. The van der Waals surface area contributed by atoms with Crippen LogP contribution in [0, 0.1) is 5.92 Å². The first-order chi connectivity index (χ1) is 6.54. The fourth-order valence-electron chi connectivity index (χ4n) is 1.85. The van der Waals surface area contributed by atoms with E-state index in [0.29, 0.717) is 19.0 Å². The van der Waals surface area contributed by atoms with Crippen LogP contribution in [0.15, 0.2) is 0 Å². The van der Waals surface area contributed by atoms with Crippen molar-refractivity contribution in [2.24, 2.45) is 11.8 Å². The Bertz CT molecular complexity index is 266. The summed E-state index contributed by atoms with van der Waals surface area (Å²) in [6, 6.07) is 0. The van der Waals surface area contributed by atoms with Crippen LogP contribution in [-0.4, -0.2) is 38.6 Å². The number of piperidine rings is 1. The normalized spacial score (nSPS) is 25.1. The summed E-state index contributed by atoms with van der Waals surface area (Å²) in [4.78, 5) is 0. The highest BCUT2D eigenvalue weighted by Gasteiger charge is 2.25. The van der Waals surface area contributed by atoms with Crippen molar-refractivity contribution < 1.29 is 8.42 Å². The molecular formula is C8H19N3O2S. The molecule has 84 valence electrons. The third-order valence-electron chi connectivity index (χ3n) is 2.65. The van der Waals surface area contributed by atoms with E-state index in [1.807, 2.05) is 0 Å². The van der Waals surface area contributed by atoms with E-state index >= 15 is 0 Å². The first kappa shape index (κ1) is 11.9. The van der Waals surface area contributed by atoms with Crippen LogP contribution in [0.4, 0.5) is 0 Å².